The molecule has 0 aliphatic heterocycles. The topological polar surface area (TPSA) is 38.3 Å². The summed E-state index contributed by atoms with van der Waals surface area (Å²) in [5, 5.41) is 3.23. The molecule has 124 valence electrons. The number of hydrogen-bond acceptors (Lipinski definition) is 2. The first-order valence-corrected chi connectivity index (χ1v) is 9.28. The maximum Gasteiger partial charge on any atom is 0.261 e. The van der Waals surface area contributed by atoms with Gasteiger partial charge in [0, 0.05) is 6.04 Å². The lowest BCUT2D eigenvalue weighted by molar-refractivity contribution is -0.128. The zero-order valence-corrected chi connectivity index (χ0v) is 14.0. The third kappa shape index (κ3) is 3.11. The van der Waals surface area contributed by atoms with Crippen LogP contribution in [0.3, 0.4) is 0 Å². The van der Waals surface area contributed by atoms with E-state index in [1.165, 1.54) is 56.1 Å². The van der Waals surface area contributed by atoms with E-state index in [1.54, 1.807) is 0 Å². The molecule has 3 heteroatoms. The van der Waals surface area contributed by atoms with Crippen LogP contribution in [0.5, 0.6) is 5.75 Å². The number of nitrogens with one attached hydrogen (secondary N) is 1. The molecule has 23 heavy (non-hydrogen) atoms. The highest BCUT2D eigenvalue weighted by Gasteiger charge is 2.40. The van der Waals surface area contributed by atoms with Gasteiger partial charge < -0.3 is 10.1 Å². The predicted octanol–water partition coefficient (Wildman–Crippen LogP) is 3.64. The van der Waals surface area contributed by atoms with Gasteiger partial charge in [0.05, 0.1) is 0 Å². The number of amides is 1. The van der Waals surface area contributed by atoms with Gasteiger partial charge in [0.2, 0.25) is 0 Å². The van der Waals surface area contributed by atoms with E-state index in [2.05, 4.69) is 17.4 Å². The Kier molecular flexibility index (Phi) is 4.04. The van der Waals surface area contributed by atoms with Crippen LogP contribution < -0.4 is 10.1 Å². The van der Waals surface area contributed by atoms with Crippen LogP contribution in [-0.2, 0) is 17.6 Å². The van der Waals surface area contributed by atoms with Crippen molar-refractivity contribution < 1.29 is 9.53 Å². The van der Waals surface area contributed by atoms with E-state index in [1.807, 2.05) is 13.0 Å². The Morgan fingerprint density at radius 2 is 2.00 bits per heavy atom. The number of carbonyl (C=O) groups excluding carboxylic acids is 1. The number of ether oxygens (including phenoxy) is 1. The van der Waals surface area contributed by atoms with E-state index in [0.29, 0.717) is 12.0 Å². The third-order valence-corrected chi connectivity index (χ3v) is 6.07. The molecule has 1 amide bonds. The summed E-state index contributed by atoms with van der Waals surface area (Å²) in [6.07, 6.45) is 9.57. The van der Waals surface area contributed by atoms with Crippen LogP contribution in [0.4, 0.5) is 0 Å². The molecule has 0 heterocycles. The molecule has 1 aromatic carbocycles. The monoisotopic (exact) mass is 313 g/mol. The van der Waals surface area contributed by atoms with Gasteiger partial charge in [-0.2, -0.15) is 0 Å². The normalized spacial score (nSPS) is 29.9. The summed E-state index contributed by atoms with van der Waals surface area (Å²) in [6, 6.07) is 6.71. The minimum atomic E-state index is -0.421. The molecule has 2 bridgehead atoms. The molecule has 0 saturated heterocycles. The number of benzene rings is 1. The zero-order valence-electron chi connectivity index (χ0n) is 14.0. The fraction of sp³-hybridized carbons (Fsp3) is 0.650. The van der Waals surface area contributed by atoms with E-state index in [0.717, 1.165) is 18.1 Å². The minimum absolute atomic E-state index is 0.0419. The average Bonchev–Trinajstić information content (AvgIpc) is 3.17. The van der Waals surface area contributed by atoms with Crippen molar-refractivity contribution >= 4 is 5.91 Å². The summed E-state index contributed by atoms with van der Waals surface area (Å²) in [6.45, 7) is 1.86. The van der Waals surface area contributed by atoms with Crippen molar-refractivity contribution in [3.05, 3.63) is 29.3 Å². The predicted molar refractivity (Wildman–Crippen MR) is 90.6 cm³/mol. The van der Waals surface area contributed by atoms with Gasteiger partial charge in [-0.25, -0.2) is 0 Å². The Morgan fingerprint density at radius 3 is 2.74 bits per heavy atom. The average molecular weight is 313 g/mol. The lowest BCUT2D eigenvalue weighted by Crippen LogP contribution is -2.44. The van der Waals surface area contributed by atoms with Crippen molar-refractivity contribution in [1.82, 2.24) is 5.32 Å². The van der Waals surface area contributed by atoms with Crippen molar-refractivity contribution in [3.8, 4) is 5.75 Å². The second-order valence-corrected chi connectivity index (χ2v) is 7.69. The van der Waals surface area contributed by atoms with E-state index in [9.17, 15) is 4.79 Å². The van der Waals surface area contributed by atoms with Gasteiger partial charge in [0.15, 0.2) is 6.10 Å². The SMILES string of the molecule is C[C@@H](Oc1ccc2c(c1)CCCC2)C(=O)N[C@H]1C[C@@H]2CC[C@@H]1C2. The third-order valence-electron chi connectivity index (χ3n) is 6.07. The van der Waals surface area contributed by atoms with Gasteiger partial charge in [-0.05, 0) is 87.0 Å². The summed E-state index contributed by atoms with van der Waals surface area (Å²) in [4.78, 5) is 12.4. The molecule has 3 aliphatic carbocycles. The molecular weight excluding hydrogens is 286 g/mol. The van der Waals surface area contributed by atoms with Gasteiger partial charge in [0.1, 0.15) is 5.75 Å². The van der Waals surface area contributed by atoms with Crippen LogP contribution in [0.1, 0.15) is 56.6 Å². The molecule has 1 N–H and O–H groups in total. The molecule has 0 spiro atoms. The van der Waals surface area contributed by atoms with Crippen molar-refractivity contribution in [3.63, 3.8) is 0 Å². The Balaban J connectivity index is 1.35. The van der Waals surface area contributed by atoms with Gasteiger partial charge in [0.25, 0.3) is 5.91 Å². The molecule has 3 aliphatic rings. The van der Waals surface area contributed by atoms with Crippen LogP contribution >= 0.6 is 0 Å². The maximum absolute atomic E-state index is 12.4. The quantitative estimate of drug-likeness (QED) is 0.921. The highest BCUT2D eigenvalue weighted by molar-refractivity contribution is 5.81. The van der Waals surface area contributed by atoms with E-state index in [4.69, 9.17) is 4.74 Å². The van der Waals surface area contributed by atoms with Crippen molar-refractivity contribution in [2.24, 2.45) is 11.8 Å². The standard InChI is InChI=1S/C20H27NO2/c1-13(20(22)21-19-11-14-6-7-17(19)10-14)23-18-9-8-15-4-2-3-5-16(15)12-18/h8-9,12-14,17,19H,2-7,10-11H2,1H3,(H,21,22)/t13-,14-,17-,19+/m1/s1. The van der Waals surface area contributed by atoms with Crippen LogP contribution in [0.2, 0.25) is 0 Å². The first-order valence-electron chi connectivity index (χ1n) is 9.28. The number of carbonyl (C=O) groups is 1. The number of fused-ring (bicyclic) bond motifs is 3. The largest absolute Gasteiger partial charge is 0.481 e. The molecule has 0 aromatic heterocycles. The Hall–Kier alpha value is -1.51. The number of rotatable bonds is 4. The molecule has 0 radical (unpaired) electrons. The van der Waals surface area contributed by atoms with Gasteiger partial charge in [-0.3, -0.25) is 4.79 Å². The molecular formula is C20H27NO2. The summed E-state index contributed by atoms with van der Waals surface area (Å²) in [5.41, 5.74) is 2.84. The fourth-order valence-corrected chi connectivity index (χ4v) is 4.76. The lowest BCUT2D eigenvalue weighted by atomic mass is 9.92. The second-order valence-electron chi connectivity index (χ2n) is 7.69. The van der Waals surface area contributed by atoms with Crippen molar-refractivity contribution in [2.45, 2.75) is 70.4 Å². The molecule has 0 unspecified atom stereocenters. The van der Waals surface area contributed by atoms with E-state index >= 15 is 0 Å². The van der Waals surface area contributed by atoms with E-state index in [-0.39, 0.29) is 5.91 Å². The molecule has 2 fully saturated rings. The van der Waals surface area contributed by atoms with Crippen molar-refractivity contribution in [1.29, 1.82) is 0 Å². The van der Waals surface area contributed by atoms with Crippen molar-refractivity contribution in [2.75, 3.05) is 0 Å². The van der Waals surface area contributed by atoms with Gasteiger partial charge in [-0.15, -0.1) is 0 Å². The molecule has 4 atom stereocenters. The van der Waals surface area contributed by atoms with Crippen LogP contribution in [-0.4, -0.2) is 18.1 Å². The van der Waals surface area contributed by atoms with Gasteiger partial charge >= 0.3 is 0 Å². The van der Waals surface area contributed by atoms with E-state index < -0.39 is 6.10 Å². The highest BCUT2D eigenvalue weighted by Crippen LogP contribution is 2.44. The molecule has 3 nitrogen and oxygen atoms in total. The Morgan fingerprint density at radius 1 is 1.17 bits per heavy atom. The first kappa shape index (κ1) is 15.0. The van der Waals surface area contributed by atoms with Crippen LogP contribution in [0.25, 0.3) is 0 Å². The Bertz CT molecular complexity index is 597. The smallest absolute Gasteiger partial charge is 0.261 e. The summed E-state index contributed by atoms with van der Waals surface area (Å²) in [5.74, 6) is 2.43. The van der Waals surface area contributed by atoms with Gasteiger partial charge in [-0.1, -0.05) is 12.5 Å². The highest BCUT2D eigenvalue weighted by atomic mass is 16.5. The summed E-state index contributed by atoms with van der Waals surface area (Å²) in [7, 11) is 0. The first-order chi connectivity index (χ1) is 11.2. The number of hydrogen-bond donors (Lipinski definition) is 1. The lowest BCUT2D eigenvalue weighted by Gasteiger charge is -2.25. The second kappa shape index (κ2) is 6.18. The Labute approximate surface area is 138 Å². The number of aryl methyl sites for hydroxylation is 2. The maximum atomic E-state index is 12.4. The molecule has 4 rings (SSSR count). The fourth-order valence-electron chi connectivity index (χ4n) is 4.76. The molecule has 1 aromatic rings. The summed E-state index contributed by atoms with van der Waals surface area (Å²) >= 11 is 0. The molecule has 2 saturated carbocycles. The zero-order chi connectivity index (χ0) is 15.8. The van der Waals surface area contributed by atoms with Crippen LogP contribution in [0, 0.1) is 11.8 Å². The minimum Gasteiger partial charge on any atom is -0.481 e. The van der Waals surface area contributed by atoms with Crippen LogP contribution in [0.15, 0.2) is 18.2 Å². The summed E-state index contributed by atoms with van der Waals surface area (Å²) < 4.78 is 5.92.